The Kier molecular flexibility index (Phi) is 3.87. The Hall–Kier alpha value is -2.18. The van der Waals surface area contributed by atoms with Crippen molar-refractivity contribution in [1.82, 2.24) is 25.0 Å². The van der Waals surface area contributed by atoms with Crippen LogP contribution in [0.4, 0.5) is 5.95 Å². The third kappa shape index (κ3) is 2.71. The normalized spacial score (nSPS) is 12.4. The lowest BCUT2D eigenvalue weighted by Crippen LogP contribution is -2.17. The summed E-state index contributed by atoms with van der Waals surface area (Å²) in [6.45, 7) is 7.77. The van der Waals surface area contributed by atoms with Gasteiger partial charge in [0, 0.05) is 19.2 Å². The molecule has 0 fully saturated rings. The number of hydrogen-bond acceptors (Lipinski definition) is 4. The van der Waals surface area contributed by atoms with Crippen LogP contribution in [0.1, 0.15) is 42.0 Å². The van der Waals surface area contributed by atoms with E-state index in [0.29, 0.717) is 12.4 Å². The van der Waals surface area contributed by atoms with E-state index in [1.54, 1.807) is 4.57 Å². The first kappa shape index (κ1) is 14.2. The van der Waals surface area contributed by atoms with E-state index in [-0.39, 0.29) is 11.8 Å². The summed E-state index contributed by atoms with van der Waals surface area (Å²) in [5, 5.41) is 17.7. The number of nitrogens with one attached hydrogen (secondary N) is 2. The van der Waals surface area contributed by atoms with Gasteiger partial charge in [0.15, 0.2) is 0 Å². The predicted octanol–water partition coefficient (Wildman–Crippen LogP) is 1.60. The van der Waals surface area contributed by atoms with Gasteiger partial charge in [0.25, 0.3) is 0 Å². The summed E-state index contributed by atoms with van der Waals surface area (Å²) >= 11 is 0. The minimum atomic E-state index is -0.0759. The number of aromatic nitrogens is 5. The minimum Gasteiger partial charge on any atom is -0.300 e. The van der Waals surface area contributed by atoms with Crippen LogP contribution in [0.5, 0.6) is 0 Å². The molecule has 0 aliphatic carbocycles. The zero-order valence-electron chi connectivity index (χ0n) is 12.5. The average molecular weight is 276 g/mol. The number of carbonyl (C=O) groups is 1. The zero-order valence-corrected chi connectivity index (χ0v) is 12.5. The van der Waals surface area contributed by atoms with Gasteiger partial charge in [0.2, 0.25) is 11.9 Å². The molecule has 2 rings (SSSR count). The Morgan fingerprint density at radius 2 is 2.05 bits per heavy atom. The molecule has 2 aromatic rings. The topological polar surface area (TPSA) is 88.5 Å². The Morgan fingerprint density at radius 1 is 1.35 bits per heavy atom. The molecule has 0 spiro atoms. The molecule has 0 aliphatic rings. The fraction of sp³-hybridized carbons (Fsp3) is 0.538. The van der Waals surface area contributed by atoms with Crippen LogP contribution in [-0.2, 0) is 11.8 Å². The molecule has 2 heterocycles. The standard InChI is InChI=1S/C13H20N6O/c1-7(12-8(2)15-16-9(12)3)6-11(20)14-13-18-17-10(4)19(13)5/h7H,6H2,1-5H3,(H,15,16)(H,14,18,20)/t7-/m1/s1. The predicted molar refractivity (Wildman–Crippen MR) is 75.5 cm³/mol. The van der Waals surface area contributed by atoms with E-state index in [1.807, 2.05) is 34.7 Å². The molecule has 108 valence electrons. The first-order chi connectivity index (χ1) is 9.40. The van der Waals surface area contributed by atoms with Gasteiger partial charge in [-0.3, -0.25) is 15.2 Å². The average Bonchev–Trinajstić information content (AvgIpc) is 2.86. The van der Waals surface area contributed by atoms with Crippen LogP contribution in [-0.4, -0.2) is 30.9 Å². The quantitative estimate of drug-likeness (QED) is 0.887. The van der Waals surface area contributed by atoms with Crippen molar-refractivity contribution in [3.05, 3.63) is 22.8 Å². The number of aryl methyl sites for hydroxylation is 3. The SMILES string of the molecule is Cc1n[nH]c(C)c1[C@H](C)CC(=O)Nc1nnc(C)n1C. The van der Waals surface area contributed by atoms with Crippen LogP contribution in [0.25, 0.3) is 0 Å². The number of carbonyl (C=O) groups excluding carboxylic acids is 1. The number of nitrogens with zero attached hydrogens (tertiary/aromatic N) is 4. The highest BCUT2D eigenvalue weighted by molar-refractivity contribution is 5.89. The van der Waals surface area contributed by atoms with Crippen molar-refractivity contribution >= 4 is 11.9 Å². The van der Waals surface area contributed by atoms with E-state index in [1.165, 1.54) is 0 Å². The molecule has 0 radical (unpaired) electrons. The van der Waals surface area contributed by atoms with Gasteiger partial charge < -0.3 is 4.57 Å². The van der Waals surface area contributed by atoms with Crippen molar-refractivity contribution in [3.8, 4) is 0 Å². The molecule has 0 bridgehead atoms. The van der Waals surface area contributed by atoms with E-state index >= 15 is 0 Å². The molecule has 7 nitrogen and oxygen atoms in total. The number of amides is 1. The first-order valence-corrected chi connectivity index (χ1v) is 6.57. The summed E-state index contributed by atoms with van der Waals surface area (Å²) in [5.41, 5.74) is 3.06. The number of rotatable bonds is 4. The van der Waals surface area contributed by atoms with Crippen molar-refractivity contribution in [2.45, 2.75) is 40.0 Å². The largest absolute Gasteiger partial charge is 0.300 e. The lowest BCUT2D eigenvalue weighted by Gasteiger charge is -2.12. The first-order valence-electron chi connectivity index (χ1n) is 6.57. The zero-order chi connectivity index (χ0) is 14.9. The highest BCUT2D eigenvalue weighted by Crippen LogP contribution is 2.24. The molecular weight excluding hydrogens is 256 g/mol. The van der Waals surface area contributed by atoms with Crippen molar-refractivity contribution in [2.75, 3.05) is 5.32 Å². The van der Waals surface area contributed by atoms with Crippen LogP contribution in [0, 0.1) is 20.8 Å². The van der Waals surface area contributed by atoms with E-state index < -0.39 is 0 Å². The number of anilines is 1. The van der Waals surface area contributed by atoms with Gasteiger partial charge in [-0.15, -0.1) is 10.2 Å². The minimum absolute atomic E-state index is 0.0759. The van der Waals surface area contributed by atoms with Crippen molar-refractivity contribution in [2.24, 2.45) is 7.05 Å². The van der Waals surface area contributed by atoms with Gasteiger partial charge in [-0.2, -0.15) is 5.10 Å². The number of H-pyrrole nitrogens is 1. The lowest BCUT2D eigenvalue weighted by atomic mass is 9.96. The van der Waals surface area contributed by atoms with Gasteiger partial charge in [-0.05, 0) is 32.3 Å². The molecule has 20 heavy (non-hydrogen) atoms. The van der Waals surface area contributed by atoms with Crippen LogP contribution in [0.3, 0.4) is 0 Å². The van der Waals surface area contributed by atoms with Crippen molar-refractivity contribution in [1.29, 1.82) is 0 Å². The fourth-order valence-electron chi connectivity index (χ4n) is 2.36. The van der Waals surface area contributed by atoms with Gasteiger partial charge in [-0.1, -0.05) is 6.92 Å². The Labute approximate surface area is 117 Å². The van der Waals surface area contributed by atoms with Crippen molar-refractivity contribution < 1.29 is 4.79 Å². The molecule has 1 amide bonds. The van der Waals surface area contributed by atoms with Gasteiger partial charge >= 0.3 is 0 Å². The number of hydrogen-bond donors (Lipinski definition) is 2. The smallest absolute Gasteiger partial charge is 0.230 e. The Bertz CT molecular complexity index is 607. The van der Waals surface area contributed by atoms with Gasteiger partial charge in [0.1, 0.15) is 5.82 Å². The summed E-state index contributed by atoms with van der Waals surface area (Å²) in [4.78, 5) is 12.1. The summed E-state index contributed by atoms with van der Waals surface area (Å²) in [6.07, 6.45) is 0.382. The van der Waals surface area contributed by atoms with E-state index in [9.17, 15) is 4.79 Å². The monoisotopic (exact) mass is 276 g/mol. The molecule has 0 aliphatic heterocycles. The van der Waals surface area contributed by atoms with E-state index in [2.05, 4.69) is 25.7 Å². The van der Waals surface area contributed by atoms with Crippen LogP contribution < -0.4 is 5.32 Å². The third-order valence-electron chi connectivity index (χ3n) is 3.51. The van der Waals surface area contributed by atoms with Crippen LogP contribution >= 0.6 is 0 Å². The molecule has 0 aromatic carbocycles. The molecule has 1 atom stereocenters. The second kappa shape index (κ2) is 5.44. The second-order valence-electron chi connectivity index (χ2n) is 5.13. The Balaban J connectivity index is 2.03. The summed E-state index contributed by atoms with van der Waals surface area (Å²) in [5.74, 6) is 1.26. The highest BCUT2D eigenvalue weighted by Gasteiger charge is 2.18. The summed E-state index contributed by atoms with van der Waals surface area (Å²) < 4.78 is 1.75. The molecule has 2 N–H and O–H groups in total. The molecule has 7 heteroatoms. The van der Waals surface area contributed by atoms with Crippen molar-refractivity contribution in [3.63, 3.8) is 0 Å². The second-order valence-corrected chi connectivity index (χ2v) is 5.13. The van der Waals surface area contributed by atoms with Crippen LogP contribution in [0.2, 0.25) is 0 Å². The summed E-state index contributed by atoms with van der Waals surface area (Å²) in [7, 11) is 1.82. The van der Waals surface area contributed by atoms with Crippen LogP contribution in [0.15, 0.2) is 0 Å². The summed E-state index contributed by atoms with van der Waals surface area (Å²) in [6, 6.07) is 0. The fourth-order valence-corrected chi connectivity index (χ4v) is 2.36. The molecule has 2 aromatic heterocycles. The maximum absolute atomic E-state index is 12.1. The van der Waals surface area contributed by atoms with E-state index in [0.717, 1.165) is 22.8 Å². The maximum Gasteiger partial charge on any atom is 0.230 e. The molecule has 0 unspecified atom stereocenters. The maximum atomic E-state index is 12.1. The van der Waals surface area contributed by atoms with Gasteiger partial charge in [-0.25, -0.2) is 0 Å². The van der Waals surface area contributed by atoms with Gasteiger partial charge in [0.05, 0.1) is 5.69 Å². The highest BCUT2D eigenvalue weighted by atomic mass is 16.1. The molecule has 0 saturated heterocycles. The number of aromatic amines is 1. The molecular formula is C13H20N6O. The Morgan fingerprint density at radius 3 is 2.55 bits per heavy atom. The van der Waals surface area contributed by atoms with E-state index in [4.69, 9.17) is 0 Å². The lowest BCUT2D eigenvalue weighted by molar-refractivity contribution is -0.116. The molecule has 0 saturated carbocycles. The third-order valence-corrected chi connectivity index (χ3v) is 3.51.